The van der Waals surface area contributed by atoms with Crippen LogP contribution >= 0.6 is 0 Å². The second-order valence-corrected chi connectivity index (χ2v) is 6.55. The minimum absolute atomic E-state index is 0.176. The van der Waals surface area contributed by atoms with E-state index in [1.54, 1.807) is 11.9 Å². The molecule has 0 saturated heterocycles. The molecule has 0 aliphatic carbocycles. The van der Waals surface area contributed by atoms with Crippen LogP contribution < -0.4 is 21.7 Å². The largest absolute Gasteiger partial charge is 0.329 e. The highest BCUT2D eigenvalue weighted by Gasteiger charge is 2.16. The summed E-state index contributed by atoms with van der Waals surface area (Å²) in [4.78, 5) is 43.7. The van der Waals surface area contributed by atoms with Crippen LogP contribution in [0.5, 0.6) is 0 Å². The van der Waals surface area contributed by atoms with Gasteiger partial charge in [0.1, 0.15) is 5.65 Å². The van der Waals surface area contributed by atoms with Gasteiger partial charge in [-0.1, -0.05) is 36.4 Å². The number of aromatic amines is 1. The number of H-pyrrole nitrogens is 1. The number of hydrazine groups is 1. The van der Waals surface area contributed by atoms with Crippen LogP contribution in [0.2, 0.25) is 0 Å². The Balaban J connectivity index is 1.74. The van der Waals surface area contributed by atoms with Crippen LogP contribution in [0.25, 0.3) is 11.0 Å². The normalized spacial score (nSPS) is 10.7. The minimum Gasteiger partial charge on any atom is -0.278 e. The van der Waals surface area contributed by atoms with Crippen molar-refractivity contribution in [3.05, 3.63) is 99.3 Å². The molecule has 30 heavy (non-hydrogen) atoms. The lowest BCUT2D eigenvalue weighted by Crippen LogP contribution is -2.39. The van der Waals surface area contributed by atoms with Gasteiger partial charge in [-0.05, 0) is 37.3 Å². The van der Waals surface area contributed by atoms with Gasteiger partial charge in [0, 0.05) is 12.7 Å². The molecule has 150 valence electrons. The van der Waals surface area contributed by atoms with Crippen molar-refractivity contribution in [3.63, 3.8) is 0 Å². The van der Waals surface area contributed by atoms with Crippen molar-refractivity contribution in [2.24, 2.45) is 0 Å². The van der Waals surface area contributed by atoms with Crippen LogP contribution in [0, 0.1) is 0 Å². The molecule has 0 unspecified atom stereocenters. The molecule has 0 radical (unpaired) electrons. The third-order valence-electron chi connectivity index (χ3n) is 4.65. The monoisotopic (exact) mass is 401 g/mol. The second kappa shape index (κ2) is 8.04. The Kier molecular flexibility index (Phi) is 5.13. The van der Waals surface area contributed by atoms with Crippen LogP contribution in [0.1, 0.15) is 17.3 Å². The molecule has 2 aromatic carbocycles. The summed E-state index contributed by atoms with van der Waals surface area (Å²) in [5, 5.41) is 1.83. The molecule has 0 spiro atoms. The molecule has 4 rings (SSSR count). The molecule has 1 amide bonds. The molecule has 0 saturated carbocycles. The van der Waals surface area contributed by atoms with Crippen molar-refractivity contribution in [1.82, 2.24) is 20.0 Å². The molecule has 2 aromatic heterocycles. The first-order valence-corrected chi connectivity index (χ1v) is 9.42. The van der Waals surface area contributed by atoms with E-state index in [1.807, 2.05) is 60.7 Å². The number of hydrogen-bond donors (Lipinski definition) is 2. The van der Waals surface area contributed by atoms with Gasteiger partial charge in [0.15, 0.2) is 0 Å². The van der Waals surface area contributed by atoms with Crippen molar-refractivity contribution in [1.29, 1.82) is 0 Å². The summed E-state index contributed by atoms with van der Waals surface area (Å²) in [6, 6.07) is 20.2. The number of rotatable bonds is 5. The number of pyridine rings is 1. The van der Waals surface area contributed by atoms with Gasteiger partial charge in [-0.3, -0.25) is 29.6 Å². The first-order valence-electron chi connectivity index (χ1n) is 9.42. The van der Waals surface area contributed by atoms with E-state index in [1.165, 1.54) is 16.8 Å². The van der Waals surface area contributed by atoms with E-state index in [9.17, 15) is 14.4 Å². The van der Waals surface area contributed by atoms with Gasteiger partial charge in [0.05, 0.1) is 22.3 Å². The van der Waals surface area contributed by atoms with Crippen LogP contribution in [-0.2, 0) is 6.54 Å². The zero-order valence-electron chi connectivity index (χ0n) is 16.2. The molecular weight excluding hydrogens is 382 g/mol. The predicted octanol–water partition coefficient (Wildman–Crippen LogP) is 2.59. The van der Waals surface area contributed by atoms with Crippen LogP contribution in [-0.4, -0.2) is 20.4 Å². The quantitative estimate of drug-likeness (QED) is 0.501. The Hall–Kier alpha value is -4.20. The highest BCUT2D eigenvalue weighted by Crippen LogP contribution is 2.23. The van der Waals surface area contributed by atoms with E-state index in [0.717, 1.165) is 11.4 Å². The number of benzene rings is 2. The lowest BCUT2D eigenvalue weighted by Gasteiger charge is -2.25. The predicted molar refractivity (Wildman–Crippen MR) is 115 cm³/mol. The maximum Gasteiger partial charge on any atom is 0.329 e. The second-order valence-electron chi connectivity index (χ2n) is 6.55. The number of aryl methyl sites for hydroxylation is 1. The topological polar surface area (TPSA) is 100 Å². The number of nitrogens with one attached hydrogen (secondary N) is 2. The van der Waals surface area contributed by atoms with Gasteiger partial charge in [-0.2, -0.15) is 0 Å². The maximum absolute atomic E-state index is 13.0. The van der Waals surface area contributed by atoms with Gasteiger partial charge < -0.3 is 0 Å². The fourth-order valence-corrected chi connectivity index (χ4v) is 3.18. The van der Waals surface area contributed by atoms with Gasteiger partial charge in [0.2, 0.25) is 0 Å². The Bertz CT molecular complexity index is 1270. The fourth-order valence-electron chi connectivity index (χ4n) is 3.18. The van der Waals surface area contributed by atoms with E-state index in [-0.39, 0.29) is 16.6 Å². The van der Waals surface area contributed by atoms with Crippen molar-refractivity contribution in [2.75, 3.05) is 5.01 Å². The summed E-state index contributed by atoms with van der Waals surface area (Å²) in [7, 11) is 0. The minimum atomic E-state index is -0.579. The summed E-state index contributed by atoms with van der Waals surface area (Å²) in [6.07, 6.45) is 1.36. The highest BCUT2D eigenvalue weighted by atomic mass is 16.2. The Labute approximate surface area is 171 Å². The molecule has 0 aliphatic heterocycles. The number of para-hydroxylation sites is 2. The molecule has 8 nitrogen and oxygen atoms in total. The fraction of sp³-hybridized carbons (Fsp3) is 0.0909. The zero-order chi connectivity index (χ0) is 21.1. The maximum atomic E-state index is 13.0. The Morgan fingerprint density at radius 2 is 1.63 bits per heavy atom. The van der Waals surface area contributed by atoms with E-state index >= 15 is 0 Å². The number of fused-ring (bicyclic) bond motifs is 1. The summed E-state index contributed by atoms with van der Waals surface area (Å²) >= 11 is 0. The third-order valence-corrected chi connectivity index (χ3v) is 4.65. The smallest absolute Gasteiger partial charge is 0.278 e. The number of nitrogens with zero attached hydrogens (tertiary/aromatic N) is 3. The summed E-state index contributed by atoms with van der Waals surface area (Å²) in [6.45, 7) is 2.12. The van der Waals surface area contributed by atoms with Gasteiger partial charge in [-0.15, -0.1) is 0 Å². The van der Waals surface area contributed by atoms with Crippen molar-refractivity contribution in [3.8, 4) is 0 Å². The molecule has 0 aliphatic rings. The molecular formula is C22H19N5O3. The van der Waals surface area contributed by atoms with Crippen molar-refractivity contribution in [2.45, 2.75) is 13.5 Å². The molecule has 2 N–H and O–H groups in total. The van der Waals surface area contributed by atoms with Gasteiger partial charge in [-0.25, -0.2) is 9.78 Å². The van der Waals surface area contributed by atoms with Crippen LogP contribution in [0.3, 0.4) is 0 Å². The molecule has 0 bridgehead atoms. The summed E-state index contributed by atoms with van der Waals surface area (Å²) < 4.78 is 1.35. The average molecular weight is 401 g/mol. The summed E-state index contributed by atoms with van der Waals surface area (Å²) in [5.74, 6) is -0.439. The van der Waals surface area contributed by atoms with Crippen molar-refractivity contribution >= 4 is 28.3 Å². The Morgan fingerprint density at radius 1 is 1.03 bits per heavy atom. The lowest BCUT2D eigenvalue weighted by molar-refractivity contribution is 0.0953. The first-order chi connectivity index (χ1) is 14.6. The van der Waals surface area contributed by atoms with E-state index in [2.05, 4.69) is 15.4 Å². The third kappa shape index (κ3) is 3.58. The molecule has 0 atom stereocenters. The molecule has 8 heteroatoms. The molecule has 2 heterocycles. The molecule has 0 fully saturated rings. The SMILES string of the molecule is CCn1c(=O)[nH]c(=O)c2cc(C(=O)NN(c3ccccc3)c3ccccc3)cnc21. The number of anilines is 2. The number of amides is 1. The highest BCUT2D eigenvalue weighted by molar-refractivity contribution is 5.98. The van der Waals surface area contributed by atoms with E-state index in [4.69, 9.17) is 0 Å². The van der Waals surface area contributed by atoms with Gasteiger partial charge >= 0.3 is 5.69 Å². The standard InChI is InChI=1S/C22H19N5O3/c1-2-26-19-18(21(29)24-22(26)30)13-15(14-23-19)20(28)25-27(16-9-5-3-6-10-16)17-11-7-4-8-12-17/h3-14H,2H2,1H3,(H,25,28)(H,24,29,30). The number of aromatic nitrogens is 3. The van der Waals surface area contributed by atoms with E-state index in [0.29, 0.717) is 6.54 Å². The molecule has 4 aromatic rings. The zero-order valence-corrected chi connectivity index (χ0v) is 16.2. The van der Waals surface area contributed by atoms with Crippen LogP contribution in [0.4, 0.5) is 11.4 Å². The summed E-state index contributed by atoms with van der Waals surface area (Å²) in [5.41, 5.74) is 3.73. The van der Waals surface area contributed by atoms with Crippen LogP contribution in [0.15, 0.2) is 82.5 Å². The number of carbonyl (C=O) groups excluding carboxylic acids is 1. The lowest BCUT2D eigenvalue weighted by atomic mass is 10.2. The number of hydrogen-bond acceptors (Lipinski definition) is 5. The van der Waals surface area contributed by atoms with Crippen molar-refractivity contribution < 1.29 is 4.79 Å². The van der Waals surface area contributed by atoms with E-state index < -0.39 is 17.2 Å². The average Bonchev–Trinajstić information content (AvgIpc) is 2.78. The van der Waals surface area contributed by atoms with Gasteiger partial charge in [0.25, 0.3) is 11.5 Å². The Morgan fingerprint density at radius 3 is 2.20 bits per heavy atom. The number of carbonyl (C=O) groups is 1. The first kappa shape index (κ1) is 19.1.